The first kappa shape index (κ1) is 12.8. The maximum absolute atomic E-state index is 11.6. The van der Waals surface area contributed by atoms with Crippen molar-refractivity contribution in [2.24, 2.45) is 0 Å². The van der Waals surface area contributed by atoms with Crippen molar-refractivity contribution >= 4 is 17.3 Å². The second kappa shape index (κ2) is 5.77. The maximum atomic E-state index is 11.6. The lowest BCUT2D eigenvalue weighted by Crippen LogP contribution is -2.09. The topological polar surface area (TPSA) is 57.0 Å². The molecule has 2 rings (SSSR count). The van der Waals surface area contributed by atoms with Crippen LogP contribution in [0.3, 0.4) is 0 Å². The Hall–Kier alpha value is -1.69. The Balaban J connectivity index is 2.04. The number of aromatic nitrogens is 3. The summed E-state index contributed by atoms with van der Waals surface area (Å²) in [7, 11) is 0. The Morgan fingerprint density at radius 1 is 1.56 bits per heavy atom. The lowest BCUT2D eigenvalue weighted by Gasteiger charge is -2.02. The summed E-state index contributed by atoms with van der Waals surface area (Å²) in [6.07, 6.45) is 0.885. The van der Waals surface area contributed by atoms with Crippen molar-refractivity contribution in [2.45, 2.75) is 26.8 Å². The van der Waals surface area contributed by atoms with Crippen LogP contribution in [0.5, 0.6) is 0 Å². The van der Waals surface area contributed by atoms with Crippen LogP contribution in [0.15, 0.2) is 16.8 Å². The molecule has 0 aliphatic carbocycles. The molecule has 0 N–H and O–H groups in total. The van der Waals surface area contributed by atoms with Gasteiger partial charge in [-0.1, -0.05) is 5.21 Å². The van der Waals surface area contributed by atoms with E-state index in [1.54, 1.807) is 22.9 Å². The Morgan fingerprint density at radius 3 is 3.06 bits per heavy atom. The number of rotatable bonds is 5. The molecule has 0 amide bonds. The van der Waals surface area contributed by atoms with Gasteiger partial charge in [0.25, 0.3) is 0 Å². The number of esters is 1. The van der Waals surface area contributed by atoms with Gasteiger partial charge in [-0.25, -0.2) is 9.48 Å². The van der Waals surface area contributed by atoms with Gasteiger partial charge in [0.15, 0.2) is 5.69 Å². The van der Waals surface area contributed by atoms with Crippen LogP contribution < -0.4 is 0 Å². The highest BCUT2D eigenvalue weighted by Gasteiger charge is 2.17. The average molecular weight is 265 g/mol. The fourth-order valence-corrected chi connectivity index (χ4v) is 2.33. The van der Waals surface area contributed by atoms with Gasteiger partial charge in [-0.05, 0) is 42.7 Å². The van der Waals surface area contributed by atoms with Gasteiger partial charge in [0, 0.05) is 6.54 Å². The zero-order valence-corrected chi connectivity index (χ0v) is 11.2. The second-order valence-electron chi connectivity index (χ2n) is 3.85. The van der Waals surface area contributed by atoms with Gasteiger partial charge in [-0.3, -0.25) is 0 Å². The van der Waals surface area contributed by atoms with E-state index in [1.165, 1.54) is 5.56 Å². The van der Waals surface area contributed by atoms with Crippen LogP contribution in [0.2, 0.25) is 0 Å². The largest absolute Gasteiger partial charge is 0.461 e. The molecule has 0 atom stereocenters. The van der Waals surface area contributed by atoms with Crippen LogP contribution in [0.4, 0.5) is 0 Å². The van der Waals surface area contributed by atoms with Gasteiger partial charge in [0.2, 0.25) is 0 Å². The number of hydrogen-bond donors (Lipinski definition) is 0. The highest BCUT2D eigenvalue weighted by Crippen LogP contribution is 2.10. The van der Waals surface area contributed by atoms with Crippen LogP contribution in [-0.2, 0) is 17.7 Å². The second-order valence-corrected chi connectivity index (χ2v) is 4.63. The smallest absolute Gasteiger partial charge is 0.360 e. The number of ether oxygens (including phenoxy) is 1. The Kier molecular flexibility index (Phi) is 4.09. The summed E-state index contributed by atoms with van der Waals surface area (Å²) in [4.78, 5) is 11.6. The zero-order valence-electron chi connectivity index (χ0n) is 10.4. The van der Waals surface area contributed by atoms with E-state index in [9.17, 15) is 4.79 Å². The van der Waals surface area contributed by atoms with Gasteiger partial charge in [-0.15, -0.1) is 5.10 Å². The summed E-state index contributed by atoms with van der Waals surface area (Å²) < 4.78 is 6.66. The molecular weight excluding hydrogens is 250 g/mol. The summed E-state index contributed by atoms with van der Waals surface area (Å²) >= 11 is 1.68. The van der Waals surface area contributed by atoms with Gasteiger partial charge in [0.1, 0.15) is 0 Å². The van der Waals surface area contributed by atoms with Gasteiger partial charge < -0.3 is 4.74 Å². The molecule has 0 saturated carbocycles. The van der Waals surface area contributed by atoms with Crippen molar-refractivity contribution in [1.82, 2.24) is 15.0 Å². The number of hydrogen-bond acceptors (Lipinski definition) is 5. The van der Waals surface area contributed by atoms with E-state index in [0.717, 1.165) is 18.7 Å². The third-order valence-electron chi connectivity index (χ3n) is 2.64. The molecule has 6 heteroatoms. The van der Waals surface area contributed by atoms with Crippen molar-refractivity contribution in [3.63, 3.8) is 0 Å². The Bertz CT molecular complexity index is 519. The minimum Gasteiger partial charge on any atom is -0.461 e. The molecule has 0 aliphatic heterocycles. The lowest BCUT2D eigenvalue weighted by molar-refractivity contribution is 0.0518. The number of thiophene rings is 1. The monoisotopic (exact) mass is 265 g/mol. The van der Waals surface area contributed by atoms with E-state index in [2.05, 4.69) is 21.8 Å². The highest BCUT2D eigenvalue weighted by atomic mass is 32.1. The zero-order chi connectivity index (χ0) is 13.0. The molecule has 5 nitrogen and oxygen atoms in total. The summed E-state index contributed by atoms with van der Waals surface area (Å²) in [6.45, 7) is 4.67. The van der Waals surface area contributed by atoms with E-state index >= 15 is 0 Å². The Labute approximate surface area is 109 Å². The summed E-state index contributed by atoms with van der Waals surface area (Å²) in [5.41, 5.74) is 2.33. The molecule has 2 heterocycles. The molecule has 0 spiro atoms. The quantitative estimate of drug-likeness (QED) is 0.777. The van der Waals surface area contributed by atoms with Crippen LogP contribution in [-0.4, -0.2) is 27.6 Å². The third-order valence-corrected chi connectivity index (χ3v) is 3.38. The first-order valence-corrected chi connectivity index (χ1v) is 6.75. The minimum absolute atomic E-state index is 0.308. The van der Waals surface area contributed by atoms with Gasteiger partial charge in [0.05, 0.1) is 12.3 Å². The predicted molar refractivity (Wildman–Crippen MR) is 68.7 cm³/mol. The molecule has 0 radical (unpaired) electrons. The average Bonchev–Trinajstić information content (AvgIpc) is 2.96. The number of nitrogens with zero attached hydrogens (tertiary/aromatic N) is 3. The number of carbonyl (C=O) groups is 1. The van der Waals surface area contributed by atoms with Crippen molar-refractivity contribution in [2.75, 3.05) is 6.61 Å². The SMILES string of the molecule is CCOC(=O)c1nnn(CCc2ccsc2)c1C. The summed E-state index contributed by atoms with van der Waals surface area (Å²) in [6, 6.07) is 2.09. The van der Waals surface area contributed by atoms with Crippen LogP contribution in [0.1, 0.15) is 28.7 Å². The molecule has 2 aromatic rings. The number of aryl methyl sites for hydroxylation is 2. The van der Waals surface area contributed by atoms with Gasteiger partial charge >= 0.3 is 5.97 Å². The molecule has 96 valence electrons. The summed E-state index contributed by atoms with van der Waals surface area (Å²) in [5, 5.41) is 12.0. The van der Waals surface area contributed by atoms with Crippen LogP contribution in [0, 0.1) is 6.92 Å². The van der Waals surface area contributed by atoms with Crippen molar-refractivity contribution in [3.8, 4) is 0 Å². The fourth-order valence-electron chi connectivity index (χ4n) is 1.63. The first-order valence-electron chi connectivity index (χ1n) is 5.80. The molecule has 0 bridgehead atoms. The van der Waals surface area contributed by atoms with Crippen molar-refractivity contribution < 1.29 is 9.53 Å². The molecule has 0 aliphatic rings. The molecular formula is C12H15N3O2S. The van der Waals surface area contributed by atoms with E-state index < -0.39 is 5.97 Å². The molecule has 0 aromatic carbocycles. The van der Waals surface area contributed by atoms with E-state index in [4.69, 9.17) is 4.74 Å². The fraction of sp³-hybridized carbons (Fsp3) is 0.417. The normalized spacial score (nSPS) is 10.6. The van der Waals surface area contributed by atoms with E-state index in [0.29, 0.717) is 12.3 Å². The summed E-state index contributed by atoms with van der Waals surface area (Å²) in [5.74, 6) is -0.406. The van der Waals surface area contributed by atoms with Crippen molar-refractivity contribution in [3.05, 3.63) is 33.8 Å². The first-order chi connectivity index (χ1) is 8.72. The van der Waals surface area contributed by atoms with Gasteiger partial charge in [-0.2, -0.15) is 11.3 Å². The minimum atomic E-state index is -0.406. The highest BCUT2D eigenvalue weighted by molar-refractivity contribution is 7.07. The molecule has 18 heavy (non-hydrogen) atoms. The molecule has 0 saturated heterocycles. The predicted octanol–water partition coefficient (Wildman–Crippen LogP) is 2.07. The van der Waals surface area contributed by atoms with E-state index in [1.807, 2.05) is 12.3 Å². The van der Waals surface area contributed by atoms with E-state index in [-0.39, 0.29) is 0 Å². The molecule has 0 unspecified atom stereocenters. The third kappa shape index (κ3) is 2.76. The van der Waals surface area contributed by atoms with Crippen LogP contribution >= 0.6 is 11.3 Å². The number of carbonyl (C=O) groups excluding carboxylic acids is 1. The molecule has 0 fully saturated rings. The van der Waals surface area contributed by atoms with Crippen LogP contribution in [0.25, 0.3) is 0 Å². The maximum Gasteiger partial charge on any atom is 0.360 e. The van der Waals surface area contributed by atoms with Crippen molar-refractivity contribution in [1.29, 1.82) is 0 Å². The Morgan fingerprint density at radius 2 is 2.39 bits per heavy atom. The lowest BCUT2D eigenvalue weighted by atomic mass is 10.2. The standard InChI is InChI=1S/C12H15N3O2S/c1-3-17-12(16)11-9(2)15(14-13-11)6-4-10-5-7-18-8-10/h5,7-8H,3-4,6H2,1-2H3. The molecule has 2 aromatic heterocycles.